The van der Waals surface area contributed by atoms with Gasteiger partial charge < -0.3 is 48.8 Å². The molecule has 26 heteroatoms. The molecule has 0 unspecified atom stereocenters. The third-order valence-electron chi connectivity index (χ3n) is 22.6. The number of ether oxygens (including phenoxy) is 4. The minimum absolute atomic E-state index is 0.0930. The number of halogens is 2. The fourth-order valence-corrected chi connectivity index (χ4v) is 17.8. The van der Waals surface area contributed by atoms with Crippen molar-refractivity contribution in [3.05, 3.63) is 141 Å². The van der Waals surface area contributed by atoms with Crippen LogP contribution in [0.3, 0.4) is 0 Å². The number of methoxy groups -OCH3 is 2. The minimum atomic E-state index is -4.22. The third kappa shape index (κ3) is 15.3. The number of nitrogens with one attached hydrogen (secondary N) is 2. The van der Waals surface area contributed by atoms with E-state index in [1.165, 1.54) is 74.5 Å². The van der Waals surface area contributed by atoms with E-state index in [4.69, 9.17) is 42.1 Å². The van der Waals surface area contributed by atoms with E-state index in [-0.39, 0.29) is 46.3 Å². The molecule has 2 spiro atoms. The molecule has 0 aromatic heterocycles. The molecule has 4 aliphatic heterocycles. The molecule has 4 aliphatic carbocycles. The molecule has 2 fully saturated rings. The van der Waals surface area contributed by atoms with E-state index in [1.54, 1.807) is 38.4 Å². The van der Waals surface area contributed by atoms with Gasteiger partial charge in [-0.3, -0.25) is 19.2 Å². The molecule has 4 N–H and O–H groups in total. The van der Waals surface area contributed by atoms with Gasteiger partial charge in [-0.25, -0.2) is 9.44 Å². The quantitative estimate of drug-likeness (QED) is 0.121. The molecular formula is C74H98Cl2N8O14S2. The molecule has 22 nitrogen and oxygen atoms in total. The Bertz CT molecular complexity index is 3760. The van der Waals surface area contributed by atoms with E-state index in [0.717, 1.165) is 84.2 Å². The number of amides is 4. The van der Waals surface area contributed by atoms with Crippen LogP contribution in [0.25, 0.3) is 0 Å². The van der Waals surface area contributed by atoms with Crippen molar-refractivity contribution in [2.24, 2.45) is 23.7 Å². The lowest BCUT2D eigenvalue weighted by Gasteiger charge is -2.45. The first-order valence-corrected chi connectivity index (χ1v) is 38.6. The van der Waals surface area contributed by atoms with Crippen LogP contribution < -0.4 is 28.7 Å². The molecule has 4 aromatic rings. The molecule has 2 saturated carbocycles. The van der Waals surface area contributed by atoms with Gasteiger partial charge in [-0.1, -0.05) is 71.8 Å². The molecule has 4 amide bonds. The Morgan fingerprint density at radius 2 is 0.980 bits per heavy atom. The van der Waals surface area contributed by atoms with E-state index in [1.807, 2.05) is 48.6 Å². The van der Waals surface area contributed by atoms with Gasteiger partial charge >= 0.3 is 20.4 Å². The number of nitrogens with zero attached hydrogens (tertiary/aromatic N) is 6. The maximum atomic E-state index is 14.2. The number of anilines is 2. The molecule has 12 rings (SSSR count). The monoisotopic (exact) mass is 1460 g/mol. The van der Waals surface area contributed by atoms with Gasteiger partial charge in [-0.2, -0.15) is 25.4 Å². The van der Waals surface area contributed by atoms with Gasteiger partial charge in [0.1, 0.15) is 11.5 Å². The molecule has 8 aliphatic rings. The number of rotatable bonds is 8. The number of aryl methyl sites for hydroxylation is 2. The highest BCUT2D eigenvalue weighted by molar-refractivity contribution is 7.88. The van der Waals surface area contributed by atoms with Crippen LogP contribution in [0.1, 0.15) is 123 Å². The second kappa shape index (κ2) is 30.6. The highest BCUT2D eigenvalue weighted by Gasteiger charge is 2.51. The molecule has 10 atom stereocenters. The summed E-state index contributed by atoms with van der Waals surface area (Å²) in [5.41, 5.74) is 2.34. The molecule has 4 heterocycles. The lowest BCUT2D eigenvalue weighted by molar-refractivity contribution is -0.152. The van der Waals surface area contributed by atoms with Gasteiger partial charge in [0.2, 0.25) is 11.8 Å². The summed E-state index contributed by atoms with van der Waals surface area (Å²) in [6, 6.07) is 22.8. The van der Waals surface area contributed by atoms with Gasteiger partial charge in [-0.05, 0) is 195 Å². The topological polar surface area (TPSA) is 257 Å². The van der Waals surface area contributed by atoms with Crippen LogP contribution >= 0.6 is 23.2 Å². The largest absolute Gasteiger partial charge is 0.490 e. The molecular weight excluding hydrogens is 1360 g/mol. The maximum absolute atomic E-state index is 14.2. The summed E-state index contributed by atoms with van der Waals surface area (Å²) in [5.74, 6) is -0.844. The van der Waals surface area contributed by atoms with E-state index < -0.39 is 68.5 Å². The number of aliphatic hydroxyl groups excluding tert-OH is 2. The predicted octanol–water partition coefficient (Wildman–Crippen LogP) is 8.33. The first kappa shape index (κ1) is 74.9. The van der Waals surface area contributed by atoms with Crippen LogP contribution in [0, 0.1) is 23.7 Å². The van der Waals surface area contributed by atoms with Gasteiger partial charge in [0.15, 0.2) is 11.2 Å². The van der Waals surface area contributed by atoms with E-state index >= 15 is 0 Å². The fraction of sp³-hybridized carbons (Fsp3) is 0.568. The summed E-state index contributed by atoms with van der Waals surface area (Å²) in [7, 11) is 2.79. The molecule has 100 heavy (non-hydrogen) atoms. The van der Waals surface area contributed by atoms with Gasteiger partial charge in [0, 0.05) is 117 Å². The summed E-state index contributed by atoms with van der Waals surface area (Å²) in [5, 5.41) is 23.9. The number of carbonyl (C=O) groups is 4. The second-order valence-corrected chi connectivity index (χ2v) is 33.8. The first-order chi connectivity index (χ1) is 47.6. The number of benzene rings is 4. The second-order valence-electron chi connectivity index (χ2n) is 29.2. The van der Waals surface area contributed by atoms with Crippen molar-refractivity contribution in [2.75, 3.05) is 119 Å². The summed E-state index contributed by atoms with van der Waals surface area (Å²) in [4.78, 5) is 63.6. The van der Waals surface area contributed by atoms with Crippen LogP contribution in [0.2, 0.25) is 10.0 Å². The van der Waals surface area contributed by atoms with Crippen molar-refractivity contribution in [3.8, 4) is 11.5 Å². The smallest absolute Gasteiger partial charge is 0.303 e. The van der Waals surface area contributed by atoms with Crippen LogP contribution in [0.15, 0.2) is 97.1 Å². The number of carbonyl (C=O) groups excluding carboxylic acids is 4. The summed E-state index contributed by atoms with van der Waals surface area (Å²) in [6.45, 7) is 4.21. The van der Waals surface area contributed by atoms with Gasteiger partial charge in [-0.15, -0.1) is 0 Å². The Morgan fingerprint density at radius 1 is 0.580 bits per heavy atom. The molecule has 544 valence electrons. The molecule has 0 saturated heterocycles. The Morgan fingerprint density at radius 3 is 1.34 bits per heavy atom. The number of allylic oxidation sites excluding steroid dienone is 2. The van der Waals surface area contributed by atoms with Gasteiger partial charge in [0.05, 0.1) is 49.6 Å². The molecule has 4 bridgehead atoms. The lowest BCUT2D eigenvalue weighted by Crippen LogP contribution is -2.52. The predicted molar refractivity (Wildman–Crippen MR) is 385 cm³/mol. The van der Waals surface area contributed by atoms with Crippen molar-refractivity contribution < 1.29 is 65.2 Å². The number of fused-ring (bicyclic) bond motifs is 8. The SMILES string of the molecule is CO[C@@]1(C(=O)NS(=O)(=O)N(C)C)CC(=O)N(C)CCC/C=C/[C@H](O)[C@@H]2CC[C@H]2CN2C[C@@]3(CCCc4cc(Cl)ccc43)COc3ccc1cc32.CO[C@]1(C(=O)NS(=O)(=O)N(C)C)CC(=O)N(C)CCC/C=C/[C@H](O)[C@@H]2CC[C@H]2CN2C[C@@]3(CCCc4cc(Cl)ccc43)COc3ccc1cc32. The Balaban J connectivity index is 0.000000202. The summed E-state index contributed by atoms with van der Waals surface area (Å²) < 4.78 is 83.2. The van der Waals surface area contributed by atoms with E-state index in [9.17, 15) is 46.2 Å². The molecule has 4 aromatic carbocycles. The Hall–Kier alpha value is -6.32. The highest BCUT2D eigenvalue weighted by atomic mass is 35.5. The van der Waals surface area contributed by atoms with Crippen molar-refractivity contribution in [2.45, 2.75) is 137 Å². The average molecular weight is 1460 g/mol. The zero-order chi connectivity index (χ0) is 71.7. The first-order valence-electron chi connectivity index (χ1n) is 35.0. The normalized spacial score (nSPS) is 29.6. The van der Waals surface area contributed by atoms with Crippen LogP contribution in [0.5, 0.6) is 11.5 Å². The van der Waals surface area contributed by atoms with E-state index in [0.29, 0.717) is 111 Å². The lowest BCUT2D eigenvalue weighted by atomic mass is 9.68. The number of aliphatic hydroxyl groups is 2. The van der Waals surface area contributed by atoms with Gasteiger partial charge in [0.25, 0.3) is 11.8 Å². The highest BCUT2D eigenvalue weighted by Crippen LogP contribution is 2.51. The van der Waals surface area contributed by atoms with Crippen LogP contribution in [-0.2, 0) is 83.9 Å². The number of hydrogen-bond acceptors (Lipinski definition) is 16. The zero-order valence-electron chi connectivity index (χ0n) is 58.7. The van der Waals surface area contributed by atoms with Crippen molar-refractivity contribution in [1.29, 1.82) is 0 Å². The van der Waals surface area contributed by atoms with E-state index in [2.05, 4.69) is 43.5 Å². The maximum Gasteiger partial charge on any atom is 0.303 e. The Kier molecular flexibility index (Phi) is 22.9. The van der Waals surface area contributed by atoms with Crippen LogP contribution in [-0.4, -0.2) is 190 Å². The van der Waals surface area contributed by atoms with Crippen molar-refractivity contribution >= 4 is 78.6 Å². The molecule has 0 radical (unpaired) electrons. The third-order valence-corrected chi connectivity index (χ3v) is 25.9. The fourth-order valence-electron chi connectivity index (χ4n) is 16.2. The number of hydrogen-bond donors (Lipinski definition) is 4. The van der Waals surface area contributed by atoms with Crippen LogP contribution in [0.4, 0.5) is 11.4 Å². The summed E-state index contributed by atoms with van der Waals surface area (Å²) >= 11 is 12.9. The van der Waals surface area contributed by atoms with Crippen molar-refractivity contribution in [1.82, 2.24) is 27.9 Å². The minimum Gasteiger partial charge on any atom is -0.490 e. The zero-order valence-corrected chi connectivity index (χ0v) is 61.9. The standard InChI is InChI=1S/2C37H49ClN4O7S/c2*1-40(2)50(46,47)39-35(45)37(48-4)21-34(44)41(3)18-7-5-6-10-32(43)29-14-11-26(29)22-42-23-36(24-49-33-16-12-27(37)20-31(33)42)17-8-9-25-19-28(38)13-15-30(25)36/h2*6,10,12-13,15-16,19-20,26,29,32,43H,5,7-9,11,14,17-18,21-24H2,1-4H3,(H,39,45)/b2*10-6+/t26-,29+,32-,36-,37+;26-,29+,32-,36-,37-/m00/s1. The average Bonchev–Trinajstić information content (AvgIpc) is 1.48. The van der Waals surface area contributed by atoms with Crippen molar-refractivity contribution in [3.63, 3.8) is 0 Å². The Labute approximate surface area is 599 Å². The summed E-state index contributed by atoms with van der Waals surface area (Å²) in [6.07, 6.45) is 17.8.